The fourth-order valence-corrected chi connectivity index (χ4v) is 5.36. The predicted molar refractivity (Wildman–Crippen MR) is 137 cm³/mol. The number of halogens is 1. The molecule has 36 heavy (non-hydrogen) atoms. The van der Waals surface area contributed by atoms with Gasteiger partial charge in [-0.05, 0) is 70.9 Å². The lowest BCUT2D eigenvalue weighted by Gasteiger charge is -2.46. The predicted octanol–water partition coefficient (Wildman–Crippen LogP) is 3.60. The first-order chi connectivity index (χ1) is 16.7. The second kappa shape index (κ2) is 8.45. The molecule has 0 spiro atoms. The molecule has 5 heterocycles. The molecule has 0 amide bonds. The summed E-state index contributed by atoms with van der Waals surface area (Å²) >= 11 is 0. The van der Waals surface area contributed by atoms with E-state index in [2.05, 4.69) is 68.8 Å². The van der Waals surface area contributed by atoms with E-state index in [0.717, 1.165) is 18.4 Å². The molecule has 0 radical (unpaired) electrons. The highest BCUT2D eigenvalue weighted by Gasteiger charge is 2.39. The zero-order valence-corrected chi connectivity index (χ0v) is 21.2. The van der Waals surface area contributed by atoms with Gasteiger partial charge in [0, 0.05) is 22.2 Å². The van der Waals surface area contributed by atoms with Crippen molar-refractivity contribution < 1.29 is 5.11 Å². The molecule has 1 aliphatic heterocycles. The van der Waals surface area contributed by atoms with Gasteiger partial charge < -0.3 is 10.4 Å². The van der Waals surface area contributed by atoms with Gasteiger partial charge in [-0.2, -0.15) is 9.61 Å². The Morgan fingerprint density at radius 3 is 2.44 bits per heavy atom. The van der Waals surface area contributed by atoms with Crippen molar-refractivity contribution in [2.75, 3.05) is 0 Å². The molecule has 186 valence electrons. The number of rotatable bonds is 3. The minimum atomic E-state index is -0.0284. The lowest BCUT2D eigenvalue weighted by atomic mass is 9.80. The minimum Gasteiger partial charge on any atom is -0.507 e. The SMILES string of the molecule is CC1(C)CC(n2nnc3cc(-c4ccc(-c5ccc6nncn6n5)cc4O)nnc32)CC(C)(C)N1.Cl. The number of phenolic OH excluding ortho intramolecular Hbond substituents is 1. The van der Waals surface area contributed by atoms with Crippen LogP contribution in [-0.4, -0.2) is 61.2 Å². The van der Waals surface area contributed by atoms with Gasteiger partial charge in [0.25, 0.3) is 0 Å². The first-order valence-corrected chi connectivity index (χ1v) is 11.6. The van der Waals surface area contributed by atoms with Gasteiger partial charge in [0.15, 0.2) is 5.65 Å². The van der Waals surface area contributed by atoms with Crippen LogP contribution in [0.25, 0.3) is 39.3 Å². The van der Waals surface area contributed by atoms with E-state index in [0.29, 0.717) is 33.8 Å². The molecule has 6 rings (SSSR count). The largest absolute Gasteiger partial charge is 0.507 e. The van der Waals surface area contributed by atoms with E-state index in [-0.39, 0.29) is 35.3 Å². The summed E-state index contributed by atoms with van der Waals surface area (Å²) in [5.74, 6) is 0.0797. The van der Waals surface area contributed by atoms with Crippen LogP contribution in [0.4, 0.5) is 0 Å². The Kier molecular flexibility index (Phi) is 5.64. The average Bonchev–Trinajstić information content (AvgIpc) is 3.43. The second-order valence-electron chi connectivity index (χ2n) is 10.5. The number of nitrogens with zero attached hydrogens (tertiary/aromatic N) is 9. The van der Waals surface area contributed by atoms with E-state index in [4.69, 9.17) is 0 Å². The molecule has 1 saturated heterocycles. The second-order valence-corrected chi connectivity index (χ2v) is 10.5. The highest BCUT2D eigenvalue weighted by atomic mass is 35.5. The van der Waals surface area contributed by atoms with Crippen LogP contribution in [0.15, 0.2) is 42.7 Å². The Morgan fingerprint density at radius 1 is 0.917 bits per heavy atom. The van der Waals surface area contributed by atoms with Gasteiger partial charge in [-0.15, -0.1) is 37.9 Å². The quantitative estimate of drug-likeness (QED) is 0.376. The van der Waals surface area contributed by atoms with Gasteiger partial charge in [-0.1, -0.05) is 11.3 Å². The molecule has 0 bridgehead atoms. The fourth-order valence-electron chi connectivity index (χ4n) is 5.36. The third-order valence-electron chi connectivity index (χ3n) is 6.47. The summed E-state index contributed by atoms with van der Waals surface area (Å²) in [7, 11) is 0. The molecule has 1 aliphatic rings. The Hall–Kier alpha value is -3.70. The smallest absolute Gasteiger partial charge is 0.201 e. The van der Waals surface area contributed by atoms with Gasteiger partial charge in [-0.25, -0.2) is 4.68 Å². The summed E-state index contributed by atoms with van der Waals surface area (Å²) in [4.78, 5) is 0. The van der Waals surface area contributed by atoms with Crippen LogP contribution < -0.4 is 5.32 Å². The first-order valence-electron chi connectivity index (χ1n) is 11.6. The van der Waals surface area contributed by atoms with Crippen LogP contribution in [0.3, 0.4) is 0 Å². The number of aromatic nitrogens is 9. The molecule has 0 saturated carbocycles. The molecule has 0 aliphatic carbocycles. The lowest BCUT2D eigenvalue weighted by Crippen LogP contribution is -2.58. The third kappa shape index (κ3) is 4.24. The maximum atomic E-state index is 10.8. The van der Waals surface area contributed by atoms with Crippen LogP contribution >= 0.6 is 12.4 Å². The topological polar surface area (TPSA) is 132 Å². The summed E-state index contributed by atoms with van der Waals surface area (Å²) in [5, 5.41) is 44.5. The van der Waals surface area contributed by atoms with Gasteiger partial charge in [0.05, 0.1) is 17.4 Å². The van der Waals surface area contributed by atoms with E-state index in [1.807, 2.05) is 28.9 Å². The zero-order chi connectivity index (χ0) is 24.4. The van der Waals surface area contributed by atoms with Crippen LogP contribution in [0.2, 0.25) is 0 Å². The lowest BCUT2D eigenvalue weighted by molar-refractivity contribution is 0.127. The van der Waals surface area contributed by atoms with Crippen molar-refractivity contribution >= 4 is 29.2 Å². The normalized spacial score (nSPS) is 17.3. The molecule has 12 heteroatoms. The standard InChI is InChI=1S/C24H26N10O.ClH/c1-23(2)11-15(12-24(3,4)31-23)34-22-19(27-32-34)10-18(26-29-22)16-6-5-14(9-20(16)35)17-7-8-21-28-25-13-33(21)30-17;/h5-10,13,15,31,35H,11-12H2,1-4H3;1H. The number of benzene rings is 1. The van der Waals surface area contributed by atoms with Crippen LogP contribution in [0.1, 0.15) is 46.6 Å². The molecule has 0 atom stereocenters. The van der Waals surface area contributed by atoms with Crippen molar-refractivity contribution in [2.24, 2.45) is 0 Å². The van der Waals surface area contributed by atoms with Gasteiger partial charge in [-0.3, -0.25) is 0 Å². The summed E-state index contributed by atoms with van der Waals surface area (Å²) in [6.07, 6.45) is 3.36. The van der Waals surface area contributed by atoms with Crippen LogP contribution in [-0.2, 0) is 0 Å². The van der Waals surface area contributed by atoms with E-state index in [9.17, 15) is 5.11 Å². The van der Waals surface area contributed by atoms with Crippen molar-refractivity contribution in [2.45, 2.75) is 57.7 Å². The maximum absolute atomic E-state index is 10.8. The summed E-state index contributed by atoms with van der Waals surface area (Å²) in [5.41, 5.74) is 4.44. The van der Waals surface area contributed by atoms with Gasteiger partial charge in [0.1, 0.15) is 17.6 Å². The molecule has 1 aromatic carbocycles. The molecule has 0 unspecified atom stereocenters. The number of aromatic hydroxyl groups is 1. The van der Waals surface area contributed by atoms with Crippen molar-refractivity contribution in [3.05, 3.63) is 42.7 Å². The Bertz CT molecular complexity index is 1560. The number of nitrogens with one attached hydrogen (secondary N) is 1. The van der Waals surface area contributed by atoms with Crippen LogP contribution in [0.5, 0.6) is 5.75 Å². The summed E-state index contributed by atoms with van der Waals surface area (Å²) in [6.45, 7) is 8.82. The summed E-state index contributed by atoms with van der Waals surface area (Å²) < 4.78 is 3.49. The Balaban J connectivity index is 0.00000267. The fraction of sp³-hybridized carbons (Fsp3) is 0.375. The van der Waals surface area contributed by atoms with Crippen molar-refractivity contribution in [1.82, 2.24) is 50.3 Å². The molecule has 5 aromatic rings. The van der Waals surface area contributed by atoms with Crippen molar-refractivity contribution in [3.63, 3.8) is 0 Å². The van der Waals surface area contributed by atoms with E-state index in [1.165, 1.54) is 6.33 Å². The molecule has 11 nitrogen and oxygen atoms in total. The third-order valence-corrected chi connectivity index (χ3v) is 6.47. The number of hydrogen-bond donors (Lipinski definition) is 2. The monoisotopic (exact) mass is 506 g/mol. The molecule has 4 aromatic heterocycles. The maximum Gasteiger partial charge on any atom is 0.201 e. The summed E-state index contributed by atoms with van der Waals surface area (Å²) in [6, 6.07) is 11.0. The van der Waals surface area contributed by atoms with Crippen molar-refractivity contribution in [1.29, 1.82) is 0 Å². The van der Waals surface area contributed by atoms with E-state index in [1.54, 1.807) is 16.6 Å². The highest BCUT2D eigenvalue weighted by molar-refractivity contribution is 5.85. The number of hydrogen-bond acceptors (Lipinski definition) is 9. The van der Waals surface area contributed by atoms with Crippen LogP contribution in [0, 0.1) is 0 Å². The zero-order valence-electron chi connectivity index (χ0n) is 20.4. The Morgan fingerprint density at radius 2 is 1.69 bits per heavy atom. The van der Waals surface area contributed by atoms with Crippen molar-refractivity contribution in [3.8, 4) is 28.3 Å². The van der Waals surface area contributed by atoms with Gasteiger partial charge >= 0.3 is 0 Å². The molecule has 1 fully saturated rings. The average molecular weight is 507 g/mol. The number of phenols is 1. The number of piperidine rings is 1. The molecule has 2 N–H and O–H groups in total. The first kappa shape index (κ1) is 24.0. The van der Waals surface area contributed by atoms with E-state index < -0.39 is 0 Å². The van der Waals surface area contributed by atoms with E-state index >= 15 is 0 Å². The highest BCUT2D eigenvalue weighted by Crippen LogP contribution is 2.37. The van der Waals surface area contributed by atoms with Gasteiger partial charge in [0.2, 0.25) is 5.65 Å². The number of fused-ring (bicyclic) bond motifs is 2. The molecular weight excluding hydrogens is 480 g/mol. The minimum absolute atomic E-state index is 0. The molecular formula is C24H27ClN10O. The Labute approximate surface area is 213 Å².